The molecule has 1 amide bonds. The average molecular weight is 525 g/mol. The van der Waals surface area contributed by atoms with Crippen LogP contribution >= 0.6 is 11.6 Å². The van der Waals surface area contributed by atoms with Crippen molar-refractivity contribution >= 4 is 34.2 Å². The van der Waals surface area contributed by atoms with Crippen LogP contribution in [0.3, 0.4) is 0 Å². The number of carbonyl (C=O) groups is 1. The SMILES string of the molecule is Cc1nn(Cc2ccc(Cl)cc2)c(C)c1NC(=O)Cn1nc(C)c2c(C(F)F)cc(-c3ccco3)nc21. The van der Waals surface area contributed by atoms with E-state index in [1.807, 2.05) is 31.2 Å². The Morgan fingerprint density at radius 3 is 2.49 bits per heavy atom. The summed E-state index contributed by atoms with van der Waals surface area (Å²) in [5.74, 6) is -0.0385. The van der Waals surface area contributed by atoms with Gasteiger partial charge in [-0.3, -0.25) is 9.48 Å². The third-order valence-electron chi connectivity index (χ3n) is 6.10. The minimum Gasteiger partial charge on any atom is -0.463 e. The highest BCUT2D eigenvalue weighted by molar-refractivity contribution is 6.30. The Labute approximate surface area is 215 Å². The summed E-state index contributed by atoms with van der Waals surface area (Å²) in [5.41, 5.74) is 3.60. The molecule has 0 aliphatic rings. The number of furan rings is 1. The summed E-state index contributed by atoms with van der Waals surface area (Å²) < 4.78 is 36.4. The second-order valence-electron chi connectivity index (χ2n) is 8.69. The van der Waals surface area contributed by atoms with E-state index in [2.05, 4.69) is 20.5 Å². The van der Waals surface area contributed by atoms with E-state index >= 15 is 0 Å². The summed E-state index contributed by atoms with van der Waals surface area (Å²) in [7, 11) is 0. The number of rotatable bonds is 7. The van der Waals surface area contributed by atoms with Crippen molar-refractivity contribution in [3.05, 3.63) is 82.0 Å². The largest absolute Gasteiger partial charge is 0.463 e. The van der Waals surface area contributed by atoms with E-state index in [-0.39, 0.29) is 34.7 Å². The quantitative estimate of drug-likeness (QED) is 0.278. The van der Waals surface area contributed by atoms with Crippen molar-refractivity contribution < 1.29 is 18.0 Å². The Kier molecular flexibility index (Phi) is 6.51. The van der Waals surface area contributed by atoms with Gasteiger partial charge in [-0.05, 0) is 56.7 Å². The Morgan fingerprint density at radius 1 is 1.08 bits per heavy atom. The van der Waals surface area contributed by atoms with Gasteiger partial charge in [-0.25, -0.2) is 18.4 Å². The van der Waals surface area contributed by atoms with Gasteiger partial charge in [0, 0.05) is 10.6 Å². The van der Waals surface area contributed by atoms with Crippen molar-refractivity contribution in [3.63, 3.8) is 0 Å². The number of aromatic nitrogens is 5. The molecule has 0 unspecified atom stereocenters. The standard InChI is InChI=1S/C26H23ClF2N6O2/c1-14-23-19(25(28)29)11-20(21-5-4-10-37-21)30-26(23)35(32-14)13-22(36)31-24-15(2)33-34(16(24)3)12-17-6-8-18(27)9-7-17/h4-11,25H,12-13H2,1-3H3,(H,31,36). The minimum absolute atomic E-state index is 0.184. The van der Waals surface area contributed by atoms with Crippen LogP contribution in [0.2, 0.25) is 5.02 Å². The van der Waals surface area contributed by atoms with Gasteiger partial charge in [0.1, 0.15) is 12.2 Å². The van der Waals surface area contributed by atoms with Gasteiger partial charge in [0.05, 0.1) is 41.0 Å². The van der Waals surface area contributed by atoms with Gasteiger partial charge >= 0.3 is 0 Å². The minimum atomic E-state index is -2.75. The van der Waals surface area contributed by atoms with E-state index < -0.39 is 6.43 Å². The van der Waals surface area contributed by atoms with Gasteiger partial charge < -0.3 is 9.73 Å². The van der Waals surface area contributed by atoms with Crippen LogP contribution in [0.15, 0.2) is 53.1 Å². The zero-order chi connectivity index (χ0) is 26.3. The van der Waals surface area contributed by atoms with Crippen molar-refractivity contribution in [3.8, 4) is 11.5 Å². The fourth-order valence-corrected chi connectivity index (χ4v) is 4.46. The molecule has 0 saturated carbocycles. The molecule has 0 saturated heterocycles. The number of hydrogen-bond acceptors (Lipinski definition) is 5. The molecular formula is C26H23ClF2N6O2. The number of aryl methyl sites for hydroxylation is 2. The average Bonchev–Trinajstić information content (AvgIpc) is 3.56. The molecule has 0 aliphatic carbocycles. The molecule has 0 spiro atoms. The number of nitrogens with one attached hydrogen (secondary N) is 1. The maximum atomic E-state index is 13.9. The highest BCUT2D eigenvalue weighted by Crippen LogP contribution is 2.33. The van der Waals surface area contributed by atoms with Crippen LogP contribution in [0.5, 0.6) is 0 Å². The van der Waals surface area contributed by atoms with Crippen LogP contribution in [-0.2, 0) is 17.9 Å². The van der Waals surface area contributed by atoms with Crippen molar-refractivity contribution in [2.45, 2.75) is 40.3 Å². The second-order valence-corrected chi connectivity index (χ2v) is 9.13. The third-order valence-corrected chi connectivity index (χ3v) is 6.35. The smallest absolute Gasteiger partial charge is 0.264 e. The number of benzene rings is 1. The Morgan fingerprint density at radius 2 is 1.81 bits per heavy atom. The number of anilines is 1. The summed E-state index contributed by atoms with van der Waals surface area (Å²) in [6, 6.07) is 12.0. The van der Waals surface area contributed by atoms with Crippen molar-refractivity contribution in [1.29, 1.82) is 0 Å². The molecule has 0 aliphatic heterocycles. The van der Waals surface area contributed by atoms with Crippen LogP contribution in [-0.4, -0.2) is 30.5 Å². The van der Waals surface area contributed by atoms with Crippen LogP contribution in [0.1, 0.15) is 34.6 Å². The number of fused-ring (bicyclic) bond motifs is 1. The Hall–Kier alpha value is -4.05. The van der Waals surface area contributed by atoms with E-state index in [1.54, 1.807) is 30.7 Å². The fraction of sp³-hybridized carbons (Fsp3) is 0.231. The highest BCUT2D eigenvalue weighted by atomic mass is 35.5. The first-order valence-corrected chi connectivity index (χ1v) is 11.9. The zero-order valence-corrected chi connectivity index (χ0v) is 21.1. The molecule has 11 heteroatoms. The number of pyridine rings is 1. The number of hydrogen-bond donors (Lipinski definition) is 1. The summed E-state index contributed by atoms with van der Waals surface area (Å²) in [5, 5.41) is 12.7. The predicted molar refractivity (Wildman–Crippen MR) is 136 cm³/mol. The van der Waals surface area contributed by atoms with E-state index in [1.165, 1.54) is 17.0 Å². The summed E-state index contributed by atoms with van der Waals surface area (Å²) in [6.45, 7) is 5.58. The molecule has 190 valence electrons. The van der Waals surface area contributed by atoms with Gasteiger partial charge in [0.15, 0.2) is 11.4 Å². The van der Waals surface area contributed by atoms with Crippen molar-refractivity contribution in [2.24, 2.45) is 0 Å². The first kappa shape index (κ1) is 24.6. The molecule has 5 rings (SSSR count). The van der Waals surface area contributed by atoms with Gasteiger partial charge in [0.25, 0.3) is 6.43 Å². The molecule has 8 nitrogen and oxygen atoms in total. The van der Waals surface area contributed by atoms with Gasteiger partial charge in [-0.1, -0.05) is 23.7 Å². The van der Waals surface area contributed by atoms with Crippen molar-refractivity contribution in [1.82, 2.24) is 24.5 Å². The first-order chi connectivity index (χ1) is 17.7. The lowest BCUT2D eigenvalue weighted by molar-refractivity contribution is -0.116. The molecule has 4 aromatic heterocycles. The van der Waals surface area contributed by atoms with Crippen molar-refractivity contribution in [2.75, 3.05) is 5.32 Å². The molecule has 5 aromatic rings. The van der Waals surface area contributed by atoms with Crippen LogP contribution in [0, 0.1) is 20.8 Å². The lowest BCUT2D eigenvalue weighted by Crippen LogP contribution is -2.20. The monoisotopic (exact) mass is 524 g/mol. The number of nitrogens with zero attached hydrogens (tertiary/aromatic N) is 5. The Balaban J connectivity index is 1.43. The lowest BCUT2D eigenvalue weighted by atomic mass is 10.1. The molecule has 37 heavy (non-hydrogen) atoms. The fourth-order valence-electron chi connectivity index (χ4n) is 4.33. The Bertz CT molecular complexity index is 1590. The summed E-state index contributed by atoms with van der Waals surface area (Å²) >= 11 is 5.97. The second kappa shape index (κ2) is 9.78. The number of amides is 1. The molecule has 0 fully saturated rings. The summed E-state index contributed by atoms with van der Waals surface area (Å²) in [6.07, 6.45) is -1.31. The normalized spacial score (nSPS) is 11.5. The molecular weight excluding hydrogens is 502 g/mol. The van der Waals surface area contributed by atoms with E-state index in [4.69, 9.17) is 16.0 Å². The molecule has 1 aromatic carbocycles. The molecule has 1 N–H and O–H groups in total. The van der Waals surface area contributed by atoms with Gasteiger partial charge in [0.2, 0.25) is 5.91 Å². The highest BCUT2D eigenvalue weighted by Gasteiger charge is 2.23. The van der Waals surface area contributed by atoms with E-state index in [0.29, 0.717) is 34.4 Å². The molecule has 0 atom stereocenters. The van der Waals surface area contributed by atoms with Crippen LogP contribution < -0.4 is 5.32 Å². The van der Waals surface area contributed by atoms with E-state index in [9.17, 15) is 13.6 Å². The first-order valence-electron chi connectivity index (χ1n) is 11.5. The van der Waals surface area contributed by atoms with Gasteiger partial charge in [-0.2, -0.15) is 10.2 Å². The maximum Gasteiger partial charge on any atom is 0.264 e. The predicted octanol–water partition coefficient (Wildman–Crippen LogP) is 6.09. The van der Waals surface area contributed by atoms with Gasteiger partial charge in [-0.15, -0.1) is 0 Å². The maximum absolute atomic E-state index is 13.9. The number of carbonyl (C=O) groups excluding carboxylic acids is 1. The van der Waals surface area contributed by atoms with E-state index in [0.717, 1.165) is 11.3 Å². The number of halogens is 3. The molecule has 0 bridgehead atoms. The lowest BCUT2D eigenvalue weighted by Gasteiger charge is -2.09. The summed E-state index contributed by atoms with van der Waals surface area (Å²) in [4.78, 5) is 17.6. The molecule has 4 heterocycles. The number of alkyl halides is 2. The van der Waals surface area contributed by atoms with Crippen LogP contribution in [0.25, 0.3) is 22.5 Å². The third kappa shape index (κ3) is 4.84. The topological polar surface area (TPSA) is 90.8 Å². The molecule has 0 radical (unpaired) electrons. The zero-order valence-electron chi connectivity index (χ0n) is 20.3. The van der Waals surface area contributed by atoms with Crippen LogP contribution in [0.4, 0.5) is 14.5 Å².